The second-order valence-corrected chi connectivity index (χ2v) is 3.45. The minimum absolute atomic E-state index is 0.438. The fourth-order valence-electron chi connectivity index (χ4n) is 1.36. The zero-order valence-electron chi connectivity index (χ0n) is 9.59. The Morgan fingerprint density at radius 3 is 2.50 bits per heavy atom. The summed E-state index contributed by atoms with van der Waals surface area (Å²) in [5, 5.41) is 0. The van der Waals surface area contributed by atoms with Gasteiger partial charge in [-0.2, -0.15) is 0 Å². The van der Waals surface area contributed by atoms with E-state index in [-0.39, 0.29) is 0 Å². The normalized spacial score (nSPS) is 10.4. The van der Waals surface area contributed by atoms with Gasteiger partial charge < -0.3 is 9.64 Å². The lowest BCUT2D eigenvalue weighted by Gasteiger charge is -2.20. The summed E-state index contributed by atoms with van der Waals surface area (Å²) in [4.78, 5) is 2.44. The maximum absolute atomic E-state index is 5.26. The molecule has 2 heteroatoms. The summed E-state index contributed by atoms with van der Waals surface area (Å²) in [5.41, 5.74) is 0. The molecule has 0 unspecified atom stereocenters. The lowest BCUT2D eigenvalue weighted by Crippen LogP contribution is -2.29. The molecule has 0 aromatic rings. The lowest BCUT2D eigenvalue weighted by atomic mass is 10.3. The van der Waals surface area contributed by atoms with Gasteiger partial charge in [-0.1, -0.05) is 26.2 Å². The number of ether oxygens (including phenoxy) is 1. The summed E-state index contributed by atoms with van der Waals surface area (Å²) < 4.78 is 5.26. The first-order valence-electron chi connectivity index (χ1n) is 5.58. The molecule has 0 amide bonds. The Hall–Kier alpha value is -0.520. The van der Waals surface area contributed by atoms with Crippen molar-refractivity contribution in [3.05, 3.63) is 0 Å². The second kappa shape index (κ2) is 10.6. The SMILES string of the molecule is C#CCOCCN(CCC)CCCC. The average Bonchev–Trinajstić information content (AvgIpc) is 2.20. The van der Waals surface area contributed by atoms with Gasteiger partial charge in [0.2, 0.25) is 0 Å². The highest BCUT2D eigenvalue weighted by atomic mass is 16.5. The molecule has 0 fully saturated rings. The highest BCUT2D eigenvalue weighted by Gasteiger charge is 2.01. The minimum atomic E-state index is 0.438. The smallest absolute Gasteiger partial charge is 0.107 e. The Balaban J connectivity index is 3.46. The van der Waals surface area contributed by atoms with Crippen LogP contribution in [0.4, 0.5) is 0 Å². The molecule has 0 heterocycles. The number of terminal acetylenes is 1. The summed E-state index contributed by atoms with van der Waals surface area (Å²) in [5.74, 6) is 2.48. The van der Waals surface area contributed by atoms with Gasteiger partial charge in [0.15, 0.2) is 0 Å². The molecule has 0 saturated heterocycles. The van der Waals surface area contributed by atoms with Crippen molar-refractivity contribution in [2.75, 3.05) is 32.8 Å². The number of hydrogen-bond donors (Lipinski definition) is 0. The molecule has 0 atom stereocenters. The summed E-state index contributed by atoms with van der Waals surface area (Å²) in [7, 11) is 0. The summed E-state index contributed by atoms with van der Waals surface area (Å²) in [6, 6.07) is 0. The third-order valence-corrected chi connectivity index (χ3v) is 2.10. The van der Waals surface area contributed by atoms with Crippen LogP contribution in [0, 0.1) is 12.3 Å². The van der Waals surface area contributed by atoms with Gasteiger partial charge in [0, 0.05) is 6.54 Å². The topological polar surface area (TPSA) is 12.5 Å². The molecule has 0 N–H and O–H groups in total. The van der Waals surface area contributed by atoms with E-state index < -0.39 is 0 Å². The van der Waals surface area contributed by atoms with E-state index in [9.17, 15) is 0 Å². The van der Waals surface area contributed by atoms with Gasteiger partial charge in [0.25, 0.3) is 0 Å². The van der Waals surface area contributed by atoms with Crippen molar-refractivity contribution in [1.82, 2.24) is 4.90 Å². The van der Waals surface area contributed by atoms with Crippen LogP contribution in [0.2, 0.25) is 0 Å². The Kier molecular flexibility index (Phi) is 10.2. The number of unbranched alkanes of at least 4 members (excludes halogenated alkanes) is 1. The van der Waals surface area contributed by atoms with Gasteiger partial charge in [-0.3, -0.25) is 0 Å². The van der Waals surface area contributed by atoms with Gasteiger partial charge in [-0.25, -0.2) is 0 Å². The van der Waals surface area contributed by atoms with Crippen LogP contribution in [0.25, 0.3) is 0 Å². The van der Waals surface area contributed by atoms with Crippen molar-refractivity contribution < 1.29 is 4.74 Å². The van der Waals surface area contributed by atoms with Crippen LogP contribution >= 0.6 is 0 Å². The summed E-state index contributed by atoms with van der Waals surface area (Å²) >= 11 is 0. The third-order valence-electron chi connectivity index (χ3n) is 2.10. The fraction of sp³-hybridized carbons (Fsp3) is 0.833. The van der Waals surface area contributed by atoms with Gasteiger partial charge in [-0.05, 0) is 25.9 Å². The molecule has 0 rings (SSSR count). The maximum Gasteiger partial charge on any atom is 0.107 e. The van der Waals surface area contributed by atoms with E-state index in [0.29, 0.717) is 6.61 Å². The largest absolute Gasteiger partial charge is 0.367 e. The molecule has 0 spiro atoms. The Morgan fingerprint density at radius 1 is 1.14 bits per heavy atom. The Morgan fingerprint density at radius 2 is 1.93 bits per heavy atom. The number of rotatable bonds is 9. The molecular weight excluding hydrogens is 174 g/mol. The third kappa shape index (κ3) is 8.10. The van der Waals surface area contributed by atoms with Gasteiger partial charge in [0.05, 0.1) is 6.61 Å². The highest BCUT2D eigenvalue weighted by molar-refractivity contribution is 4.82. The monoisotopic (exact) mass is 197 g/mol. The van der Waals surface area contributed by atoms with Crippen molar-refractivity contribution in [2.24, 2.45) is 0 Å². The number of nitrogens with zero attached hydrogens (tertiary/aromatic N) is 1. The fourth-order valence-corrected chi connectivity index (χ4v) is 1.36. The summed E-state index contributed by atoms with van der Waals surface area (Å²) in [6.45, 7) is 8.99. The van der Waals surface area contributed by atoms with E-state index in [1.165, 1.54) is 32.4 Å². The maximum atomic E-state index is 5.26. The second-order valence-electron chi connectivity index (χ2n) is 3.45. The van der Waals surface area contributed by atoms with Crippen molar-refractivity contribution >= 4 is 0 Å². The van der Waals surface area contributed by atoms with Crippen LogP contribution in [-0.4, -0.2) is 37.7 Å². The van der Waals surface area contributed by atoms with Gasteiger partial charge >= 0.3 is 0 Å². The Bertz CT molecular complexity index is 151. The van der Waals surface area contributed by atoms with E-state index in [1.807, 2.05) is 0 Å². The highest BCUT2D eigenvalue weighted by Crippen LogP contribution is 1.96. The van der Waals surface area contributed by atoms with Crippen LogP contribution in [0.1, 0.15) is 33.1 Å². The van der Waals surface area contributed by atoms with Crippen LogP contribution in [-0.2, 0) is 4.74 Å². The van der Waals surface area contributed by atoms with Crippen molar-refractivity contribution in [2.45, 2.75) is 33.1 Å². The molecule has 0 radical (unpaired) electrons. The van der Waals surface area contributed by atoms with Gasteiger partial charge in [-0.15, -0.1) is 6.42 Å². The van der Waals surface area contributed by atoms with Crippen LogP contribution in [0.15, 0.2) is 0 Å². The molecule has 0 aliphatic heterocycles. The van der Waals surface area contributed by atoms with Crippen LogP contribution in [0.3, 0.4) is 0 Å². The van der Waals surface area contributed by atoms with E-state index >= 15 is 0 Å². The quantitative estimate of drug-likeness (QED) is 0.415. The molecule has 14 heavy (non-hydrogen) atoms. The molecule has 82 valence electrons. The molecular formula is C12H23NO. The van der Waals surface area contributed by atoms with Crippen molar-refractivity contribution in [1.29, 1.82) is 0 Å². The van der Waals surface area contributed by atoms with Crippen LogP contribution in [0.5, 0.6) is 0 Å². The first kappa shape index (κ1) is 13.5. The van der Waals surface area contributed by atoms with E-state index in [4.69, 9.17) is 11.2 Å². The van der Waals surface area contributed by atoms with Gasteiger partial charge in [0.1, 0.15) is 6.61 Å². The van der Waals surface area contributed by atoms with E-state index in [2.05, 4.69) is 24.7 Å². The predicted molar refractivity (Wildman–Crippen MR) is 61.3 cm³/mol. The summed E-state index contributed by atoms with van der Waals surface area (Å²) in [6.07, 6.45) is 8.83. The first-order chi connectivity index (χ1) is 6.85. The zero-order valence-corrected chi connectivity index (χ0v) is 9.59. The predicted octanol–water partition coefficient (Wildman–Crippen LogP) is 2.15. The van der Waals surface area contributed by atoms with Crippen molar-refractivity contribution in [3.63, 3.8) is 0 Å². The van der Waals surface area contributed by atoms with E-state index in [0.717, 1.165) is 13.2 Å². The van der Waals surface area contributed by atoms with E-state index in [1.54, 1.807) is 0 Å². The standard InChI is InChI=1S/C12H23NO/c1-4-7-9-13(8-5-2)10-12-14-11-6-3/h3H,4-5,7-12H2,1-2H3. The molecule has 0 aliphatic carbocycles. The molecule has 0 aromatic heterocycles. The molecule has 0 bridgehead atoms. The Labute approximate surface area is 88.6 Å². The van der Waals surface area contributed by atoms with Crippen LogP contribution < -0.4 is 0 Å². The molecule has 0 saturated carbocycles. The molecule has 2 nitrogen and oxygen atoms in total. The lowest BCUT2D eigenvalue weighted by molar-refractivity contribution is 0.126. The first-order valence-corrected chi connectivity index (χ1v) is 5.58. The van der Waals surface area contributed by atoms with Crippen molar-refractivity contribution in [3.8, 4) is 12.3 Å². The number of hydrogen-bond acceptors (Lipinski definition) is 2. The molecule has 0 aromatic carbocycles. The average molecular weight is 197 g/mol. The zero-order chi connectivity index (χ0) is 10.6. The molecule has 0 aliphatic rings. The minimum Gasteiger partial charge on any atom is -0.367 e.